The number of nitrogens with two attached hydrogens (primary N) is 1. The standard InChI is InChI=1S/C5H6F3N3S.ClH/c1-2(9)3-10-11-4(12-3)5(6,7)8;/h2H,9H2,1H3;1H. The summed E-state index contributed by atoms with van der Waals surface area (Å²) in [6.07, 6.45) is -4.41. The molecule has 0 saturated carbocycles. The van der Waals surface area contributed by atoms with Crippen LogP contribution in [0.2, 0.25) is 0 Å². The zero-order valence-electron chi connectivity index (χ0n) is 6.50. The molecule has 0 aliphatic rings. The van der Waals surface area contributed by atoms with E-state index in [9.17, 15) is 13.2 Å². The summed E-state index contributed by atoms with van der Waals surface area (Å²) in [5, 5.41) is 5.53. The average molecular weight is 234 g/mol. The molecule has 76 valence electrons. The molecule has 0 aromatic carbocycles. The van der Waals surface area contributed by atoms with Crippen molar-refractivity contribution in [1.82, 2.24) is 10.2 Å². The molecule has 1 rings (SSSR count). The minimum absolute atomic E-state index is 0. The Balaban J connectivity index is 0.00000144. The van der Waals surface area contributed by atoms with Gasteiger partial charge in [-0.3, -0.25) is 0 Å². The van der Waals surface area contributed by atoms with Crippen molar-refractivity contribution in [2.75, 3.05) is 0 Å². The van der Waals surface area contributed by atoms with Crippen LogP contribution in [-0.4, -0.2) is 10.2 Å². The monoisotopic (exact) mass is 233 g/mol. The molecule has 0 aliphatic carbocycles. The first-order valence-electron chi connectivity index (χ1n) is 3.07. The van der Waals surface area contributed by atoms with E-state index in [4.69, 9.17) is 5.73 Å². The largest absolute Gasteiger partial charge is 0.445 e. The van der Waals surface area contributed by atoms with Gasteiger partial charge in [0.05, 0.1) is 6.04 Å². The zero-order valence-corrected chi connectivity index (χ0v) is 8.13. The van der Waals surface area contributed by atoms with Gasteiger partial charge in [0.15, 0.2) is 0 Å². The minimum atomic E-state index is -4.41. The maximum absolute atomic E-state index is 11.9. The Morgan fingerprint density at radius 2 is 1.92 bits per heavy atom. The summed E-state index contributed by atoms with van der Waals surface area (Å²) in [7, 11) is 0. The molecule has 0 saturated heterocycles. The zero-order chi connectivity index (χ0) is 9.35. The van der Waals surface area contributed by atoms with Crippen LogP contribution >= 0.6 is 23.7 Å². The van der Waals surface area contributed by atoms with Crippen molar-refractivity contribution in [3.63, 3.8) is 0 Å². The molecule has 0 bridgehead atoms. The van der Waals surface area contributed by atoms with Gasteiger partial charge in [0.1, 0.15) is 5.01 Å². The van der Waals surface area contributed by atoms with Crippen molar-refractivity contribution in [2.45, 2.75) is 19.1 Å². The van der Waals surface area contributed by atoms with Gasteiger partial charge in [-0.2, -0.15) is 13.2 Å². The van der Waals surface area contributed by atoms with E-state index < -0.39 is 17.2 Å². The summed E-state index contributed by atoms with van der Waals surface area (Å²) in [5.41, 5.74) is 5.31. The molecular formula is C5H7ClF3N3S. The molecule has 0 amide bonds. The van der Waals surface area contributed by atoms with Crippen molar-refractivity contribution in [2.24, 2.45) is 5.73 Å². The summed E-state index contributed by atoms with van der Waals surface area (Å²) in [4.78, 5) is 0. The highest BCUT2D eigenvalue weighted by Crippen LogP contribution is 2.32. The van der Waals surface area contributed by atoms with Crippen LogP contribution in [0.3, 0.4) is 0 Å². The van der Waals surface area contributed by atoms with Crippen molar-refractivity contribution < 1.29 is 13.2 Å². The predicted molar refractivity (Wildman–Crippen MR) is 44.8 cm³/mol. The van der Waals surface area contributed by atoms with Crippen LogP contribution in [0.4, 0.5) is 13.2 Å². The van der Waals surface area contributed by atoms with Gasteiger partial charge in [0, 0.05) is 0 Å². The minimum Gasteiger partial charge on any atom is -0.322 e. The highest BCUT2D eigenvalue weighted by molar-refractivity contribution is 7.11. The molecule has 8 heteroatoms. The lowest BCUT2D eigenvalue weighted by atomic mass is 10.4. The van der Waals surface area contributed by atoms with Gasteiger partial charge in [-0.15, -0.1) is 22.6 Å². The van der Waals surface area contributed by atoms with E-state index >= 15 is 0 Å². The summed E-state index contributed by atoms with van der Waals surface area (Å²) in [6, 6.07) is -0.501. The quantitative estimate of drug-likeness (QED) is 0.807. The second kappa shape index (κ2) is 4.21. The second-order valence-electron chi connectivity index (χ2n) is 2.23. The number of alkyl halides is 3. The Hall–Kier alpha value is -0.400. The van der Waals surface area contributed by atoms with Crippen LogP contribution in [0, 0.1) is 0 Å². The highest BCUT2D eigenvalue weighted by Gasteiger charge is 2.35. The first-order chi connectivity index (χ1) is 5.41. The predicted octanol–water partition coefficient (Wildman–Crippen LogP) is 2.00. The Labute approximate surface area is 82.6 Å². The molecule has 3 nitrogen and oxygen atoms in total. The molecule has 0 aliphatic heterocycles. The highest BCUT2D eigenvalue weighted by atomic mass is 35.5. The third-order valence-corrected chi connectivity index (χ3v) is 2.24. The summed E-state index contributed by atoms with van der Waals surface area (Å²) < 4.78 is 35.8. The topological polar surface area (TPSA) is 51.8 Å². The number of aromatic nitrogens is 2. The molecule has 1 aromatic heterocycles. The number of nitrogens with zero attached hydrogens (tertiary/aromatic N) is 2. The first-order valence-corrected chi connectivity index (χ1v) is 3.89. The fraction of sp³-hybridized carbons (Fsp3) is 0.600. The number of hydrogen-bond acceptors (Lipinski definition) is 4. The van der Waals surface area contributed by atoms with E-state index in [0.717, 1.165) is 0 Å². The van der Waals surface area contributed by atoms with Gasteiger partial charge in [-0.25, -0.2) is 0 Å². The van der Waals surface area contributed by atoms with E-state index in [2.05, 4.69) is 10.2 Å². The van der Waals surface area contributed by atoms with Gasteiger partial charge < -0.3 is 5.73 Å². The van der Waals surface area contributed by atoms with Crippen molar-refractivity contribution in [3.05, 3.63) is 10.0 Å². The van der Waals surface area contributed by atoms with Crippen LogP contribution in [0.1, 0.15) is 23.0 Å². The lowest BCUT2D eigenvalue weighted by molar-refractivity contribution is -0.138. The Kier molecular flexibility index (Phi) is 4.08. The second-order valence-corrected chi connectivity index (χ2v) is 3.24. The normalized spacial score (nSPS) is 13.6. The number of halogens is 4. The van der Waals surface area contributed by atoms with E-state index in [1.807, 2.05) is 0 Å². The molecule has 1 aromatic rings. The van der Waals surface area contributed by atoms with E-state index in [0.29, 0.717) is 11.3 Å². The molecule has 13 heavy (non-hydrogen) atoms. The van der Waals surface area contributed by atoms with Crippen molar-refractivity contribution in [3.8, 4) is 0 Å². The van der Waals surface area contributed by atoms with Gasteiger partial charge in [-0.05, 0) is 6.92 Å². The summed E-state index contributed by atoms with van der Waals surface area (Å²) in [5.74, 6) is 0. The first kappa shape index (κ1) is 12.6. The maximum Gasteiger partial charge on any atom is 0.445 e. The molecule has 0 spiro atoms. The van der Waals surface area contributed by atoms with Gasteiger partial charge >= 0.3 is 6.18 Å². The lowest BCUT2D eigenvalue weighted by Gasteiger charge is -1.98. The molecular weight excluding hydrogens is 227 g/mol. The van der Waals surface area contributed by atoms with Crippen LogP contribution in [0.5, 0.6) is 0 Å². The van der Waals surface area contributed by atoms with E-state index in [-0.39, 0.29) is 17.4 Å². The molecule has 2 N–H and O–H groups in total. The summed E-state index contributed by atoms with van der Waals surface area (Å²) >= 11 is 0.476. The maximum atomic E-state index is 11.9. The van der Waals surface area contributed by atoms with Gasteiger partial charge in [-0.1, -0.05) is 11.3 Å². The molecule has 0 radical (unpaired) electrons. The van der Waals surface area contributed by atoms with E-state index in [1.165, 1.54) is 0 Å². The number of hydrogen-bond donors (Lipinski definition) is 1. The average Bonchev–Trinajstić information content (AvgIpc) is 2.30. The van der Waals surface area contributed by atoms with Crippen molar-refractivity contribution >= 4 is 23.7 Å². The van der Waals surface area contributed by atoms with Crippen LogP contribution in [0.25, 0.3) is 0 Å². The Morgan fingerprint density at radius 1 is 1.38 bits per heavy atom. The van der Waals surface area contributed by atoms with Crippen LogP contribution in [-0.2, 0) is 6.18 Å². The Bertz CT molecular complexity index is 272. The van der Waals surface area contributed by atoms with E-state index in [1.54, 1.807) is 6.92 Å². The number of rotatable bonds is 1. The Morgan fingerprint density at radius 3 is 2.15 bits per heavy atom. The van der Waals surface area contributed by atoms with Crippen LogP contribution < -0.4 is 5.73 Å². The molecule has 0 fully saturated rings. The molecule has 1 heterocycles. The fourth-order valence-electron chi connectivity index (χ4n) is 0.533. The third-order valence-electron chi connectivity index (χ3n) is 1.07. The van der Waals surface area contributed by atoms with Crippen LogP contribution in [0.15, 0.2) is 0 Å². The molecule has 1 atom stereocenters. The molecule has 1 unspecified atom stereocenters. The lowest BCUT2D eigenvalue weighted by Crippen LogP contribution is -2.03. The van der Waals surface area contributed by atoms with Gasteiger partial charge in [0.25, 0.3) is 0 Å². The summed E-state index contributed by atoms with van der Waals surface area (Å²) in [6.45, 7) is 1.56. The fourth-order valence-corrected chi connectivity index (χ4v) is 1.20. The van der Waals surface area contributed by atoms with Gasteiger partial charge in [0.2, 0.25) is 5.01 Å². The van der Waals surface area contributed by atoms with Crippen molar-refractivity contribution in [1.29, 1.82) is 0 Å². The smallest absolute Gasteiger partial charge is 0.322 e. The third kappa shape index (κ3) is 3.09. The SMILES string of the molecule is CC(N)c1nnc(C(F)(F)F)s1.Cl.